The van der Waals surface area contributed by atoms with E-state index in [9.17, 15) is 0 Å². The topological polar surface area (TPSA) is 3.24 Å². The minimum Gasteiger partial charge on any atom is -0.331 e. The molecule has 0 N–H and O–H groups in total. The first-order valence-corrected chi connectivity index (χ1v) is 15.3. The van der Waals surface area contributed by atoms with Crippen LogP contribution in [0.2, 0.25) is 0 Å². The fraction of sp³-hybridized carbons (Fsp3) is 0.220. The first kappa shape index (κ1) is 25.4. The highest BCUT2D eigenvalue weighted by atomic mass is 15.2. The van der Waals surface area contributed by atoms with Crippen LogP contribution in [0.4, 0.5) is 11.4 Å². The summed E-state index contributed by atoms with van der Waals surface area (Å²) in [7, 11) is 0. The van der Waals surface area contributed by atoms with Crippen molar-refractivity contribution < 1.29 is 0 Å². The molecule has 8 rings (SSSR count). The molecule has 1 nitrogen and oxygen atoms in total. The molecule has 3 aliphatic rings. The summed E-state index contributed by atoms with van der Waals surface area (Å²) in [5, 5.41) is 0. The maximum Gasteiger partial charge on any atom is 0.0754 e. The van der Waals surface area contributed by atoms with E-state index in [4.69, 9.17) is 0 Å². The summed E-state index contributed by atoms with van der Waals surface area (Å²) in [6.07, 6.45) is 2.15. The number of rotatable bonds is 3. The zero-order chi connectivity index (χ0) is 29.0. The Kier molecular flexibility index (Phi) is 5.04. The van der Waals surface area contributed by atoms with Crippen LogP contribution in [0.15, 0.2) is 122 Å². The fourth-order valence-corrected chi connectivity index (χ4v) is 8.57. The van der Waals surface area contributed by atoms with Crippen molar-refractivity contribution in [2.24, 2.45) is 5.92 Å². The molecule has 1 spiro atoms. The molecule has 5 aromatic rings. The molecule has 1 heterocycles. The van der Waals surface area contributed by atoms with Crippen LogP contribution in [0.3, 0.4) is 0 Å². The molecule has 0 unspecified atom stereocenters. The minimum atomic E-state index is -0.422. The van der Waals surface area contributed by atoms with Crippen LogP contribution in [0.25, 0.3) is 22.3 Å². The Balaban J connectivity index is 1.54. The standard InChI is InChI=1S/C41H37N/c1-7-40(6,26(2)3)42-35-22-14-12-20-32(35)41(33-21-13-15-23-36(33)42)31-19-11-9-17-29(31)37-34(41)25-24-28-27-16-8-10-18-30(27)39(4,5)38(28)37/h7-26H,1H2,2-6H3/t40-/m1/s1. The molecule has 1 heteroatoms. The van der Waals surface area contributed by atoms with Gasteiger partial charge in [0.1, 0.15) is 0 Å². The summed E-state index contributed by atoms with van der Waals surface area (Å²) in [5.41, 5.74) is 15.6. The van der Waals surface area contributed by atoms with Crippen molar-refractivity contribution >= 4 is 11.4 Å². The molecule has 0 radical (unpaired) electrons. The Morgan fingerprint density at radius 1 is 0.619 bits per heavy atom. The molecular formula is C41H37N. The third-order valence-corrected chi connectivity index (χ3v) is 10.9. The van der Waals surface area contributed by atoms with E-state index in [0.717, 1.165) is 0 Å². The van der Waals surface area contributed by atoms with Crippen LogP contribution in [0.1, 0.15) is 68.0 Å². The second-order valence-electron chi connectivity index (χ2n) is 13.3. The van der Waals surface area contributed by atoms with E-state index in [2.05, 4.69) is 161 Å². The molecule has 2 aliphatic carbocycles. The summed E-state index contributed by atoms with van der Waals surface area (Å²) in [6, 6.07) is 41.3. The number of nitrogens with zero attached hydrogens (tertiary/aromatic N) is 1. The van der Waals surface area contributed by atoms with Crippen molar-refractivity contribution in [2.45, 2.75) is 51.0 Å². The van der Waals surface area contributed by atoms with Gasteiger partial charge in [0.25, 0.3) is 0 Å². The van der Waals surface area contributed by atoms with Crippen LogP contribution < -0.4 is 4.90 Å². The van der Waals surface area contributed by atoms with Crippen LogP contribution in [0.5, 0.6) is 0 Å². The molecule has 0 saturated heterocycles. The quantitative estimate of drug-likeness (QED) is 0.201. The third-order valence-electron chi connectivity index (χ3n) is 10.9. The second kappa shape index (κ2) is 8.35. The number of hydrogen-bond acceptors (Lipinski definition) is 1. The number of fused-ring (bicyclic) bond motifs is 13. The van der Waals surface area contributed by atoms with Crippen molar-refractivity contribution in [3.8, 4) is 22.3 Å². The van der Waals surface area contributed by atoms with E-state index in [1.165, 1.54) is 67.0 Å². The molecule has 42 heavy (non-hydrogen) atoms. The van der Waals surface area contributed by atoms with E-state index in [1.54, 1.807) is 0 Å². The average Bonchev–Trinajstić information content (AvgIpc) is 3.44. The first-order chi connectivity index (χ1) is 20.3. The van der Waals surface area contributed by atoms with Crippen molar-refractivity contribution in [3.63, 3.8) is 0 Å². The maximum atomic E-state index is 4.37. The molecule has 1 atom stereocenters. The predicted molar refractivity (Wildman–Crippen MR) is 177 cm³/mol. The molecule has 0 saturated carbocycles. The number of anilines is 2. The molecule has 0 aromatic heterocycles. The van der Waals surface area contributed by atoms with Crippen molar-refractivity contribution in [2.75, 3.05) is 4.90 Å². The van der Waals surface area contributed by atoms with Gasteiger partial charge < -0.3 is 4.90 Å². The predicted octanol–water partition coefficient (Wildman–Crippen LogP) is 10.4. The fourth-order valence-electron chi connectivity index (χ4n) is 8.57. The van der Waals surface area contributed by atoms with E-state index in [0.29, 0.717) is 5.92 Å². The van der Waals surface area contributed by atoms with Crippen molar-refractivity contribution in [1.82, 2.24) is 0 Å². The lowest BCUT2D eigenvalue weighted by atomic mass is 9.63. The molecule has 1 aliphatic heterocycles. The number of para-hydroxylation sites is 2. The minimum absolute atomic E-state index is 0.102. The lowest BCUT2D eigenvalue weighted by molar-refractivity contribution is 0.407. The monoisotopic (exact) mass is 543 g/mol. The lowest BCUT2D eigenvalue weighted by Gasteiger charge is -2.52. The number of benzene rings is 5. The summed E-state index contributed by atoms with van der Waals surface area (Å²) < 4.78 is 0. The average molecular weight is 544 g/mol. The Bertz CT molecular complexity index is 1890. The normalized spacial score (nSPS) is 17.5. The SMILES string of the molecule is C=C[C@](C)(C(C)C)N1c2ccccc2C2(c3ccccc3-c3c2ccc2c3C(C)(C)c3ccccc3-2)c2ccccc21. The highest BCUT2D eigenvalue weighted by Gasteiger charge is 2.55. The molecule has 206 valence electrons. The van der Waals surface area contributed by atoms with Gasteiger partial charge in [0.15, 0.2) is 0 Å². The molecule has 0 fully saturated rings. The van der Waals surface area contributed by atoms with Crippen LogP contribution in [-0.4, -0.2) is 5.54 Å². The highest BCUT2D eigenvalue weighted by Crippen LogP contribution is 2.66. The van der Waals surface area contributed by atoms with Crippen molar-refractivity contribution in [3.05, 3.63) is 155 Å². The third kappa shape index (κ3) is 2.80. The molecule has 0 amide bonds. The molecule has 0 bridgehead atoms. The van der Waals surface area contributed by atoms with E-state index in [-0.39, 0.29) is 11.0 Å². The van der Waals surface area contributed by atoms with Crippen molar-refractivity contribution in [1.29, 1.82) is 0 Å². The first-order valence-electron chi connectivity index (χ1n) is 15.3. The van der Waals surface area contributed by atoms with Gasteiger partial charge >= 0.3 is 0 Å². The Morgan fingerprint density at radius 3 is 1.74 bits per heavy atom. The van der Waals surface area contributed by atoms with E-state index >= 15 is 0 Å². The van der Waals surface area contributed by atoms with Gasteiger partial charge in [0.05, 0.1) is 11.0 Å². The smallest absolute Gasteiger partial charge is 0.0754 e. The number of hydrogen-bond donors (Lipinski definition) is 0. The second-order valence-corrected chi connectivity index (χ2v) is 13.3. The summed E-state index contributed by atoms with van der Waals surface area (Å²) >= 11 is 0. The maximum absolute atomic E-state index is 4.37. The Hall–Kier alpha value is -4.36. The zero-order valence-corrected chi connectivity index (χ0v) is 25.2. The van der Waals surface area contributed by atoms with Gasteiger partial charge in [0.2, 0.25) is 0 Å². The molecule has 5 aromatic carbocycles. The van der Waals surface area contributed by atoms with Gasteiger partial charge in [-0.25, -0.2) is 0 Å². The largest absolute Gasteiger partial charge is 0.331 e. The van der Waals surface area contributed by atoms with Crippen LogP contribution in [0, 0.1) is 5.92 Å². The van der Waals surface area contributed by atoms with Gasteiger partial charge in [-0.15, -0.1) is 6.58 Å². The Labute approximate surface area is 250 Å². The van der Waals surface area contributed by atoms with Gasteiger partial charge in [-0.1, -0.05) is 131 Å². The summed E-state index contributed by atoms with van der Waals surface area (Å²) in [4.78, 5) is 2.56. The summed E-state index contributed by atoms with van der Waals surface area (Å²) in [6.45, 7) is 16.1. The lowest BCUT2D eigenvalue weighted by Crippen LogP contribution is -2.50. The van der Waals surface area contributed by atoms with E-state index in [1.807, 2.05) is 0 Å². The Morgan fingerprint density at radius 2 is 1.14 bits per heavy atom. The van der Waals surface area contributed by atoms with Crippen LogP contribution in [-0.2, 0) is 10.8 Å². The van der Waals surface area contributed by atoms with Gasteiger partial charge in [-0.3, -0.25) is 0 Å². The van der Waals surface area contributed by atoms with E-state index < -0.39 is 5.41 Å². The zero-order valence-electron chi connectivity index (χ0n) is 25.2. The highest BCUT2D eigenvalue weighted by molar-refractivity contribution is 5.99. The van der Waals surface area contributed by atoms with Gasteiger partial charge in [-0.2, -0.15) is 0 Å². The molecular weight excluding hydrogens is 506 g/mol. The van der Waals surface area contributed by atoms with Gasteiger partial charge in [0, 0.05) is 16.8 Å². The van der Waals surface area contributed by atoms with Gasteiger partial charge in [-0.05, 0) is 80.6 Å². The summed E-state index contributed by atoms with van der Waals surface area (Å²) in [5.74, 6) is 0.357. The van der Waals surface area contributed by atoms with Crippen LogP contribution >= 0.6 is 0 Å².